The summed E-state index contributed by atoms with van der Waals surface area (Å²) in [4.78, 5) is 16.2. The predicted molar refractivity (Wildman–Crippen MR) is 94.1 cm³/mol. The van der Waals surface area contributed by atoms with Crippen LogP contribution in [-0.4, -0.2) is 19.0 Å². The van der Waals surface area contributed by atoms with Gasteiger partial charge in [0.15, 0.2) is 6.54 Å². The third-order valence-corrected chi connectivity index (χ3v) is 6.28. The van der Waals surface area contributed by atoms with Crippen LogP contribution in [0.2, 0.25) is 0 Å². The number of fused-ring (bicyclic) bond motifs is 1. The summed E-state index contributed by atoms with van der Waals surface area (Å²) in [6.07, 6.45) is 3.13. The fraction of sp³-hybridized carbons (Fsp3) is 0.412. The Morgan fingerprint density at radius 3 is 3.04 bits per heavy atom. The minimum absolute atomic E-state index is 0.00479. The van der Waals surface area contributed by atoms with Gasteiger partial charge in [-0.15, -0.1) is 22.7 Å². The fourth-order valence-electron chi connectivity index (χ4n) is 2.98. The van der Waals surface area contributed by atoms with Crippen molar-refractivity contribution in [1.82, 2.24) is 0 Å². The smallest absolute Gasteiger partial charge is 0.280 e. The SMILES string of the molecule is CC[NH+](CC(=O)Nc1sc2c(c1C#N)CCC2)Cc1cccs1. The molecule has 2 heterocycles. The van der Waals surface area contributed by atoms with Gasteiger partial charge >= 0.3 is 0 Å². The van der Waals surface area contributed by atoms with Crippen LogP contribution < -0.4 is 10.2 Å². The fourth-order valence-corrected chi connectivity index (χ4v) is 5.01. The number of hydrogen-bond acceptors (Lipinski definition) is 4. The molecule has 1 aliphatic rings. The molecule has 0 saturated heterocycles. The molecule has 2 aromatic heterocycles. The summed E-state index contributed by atoms with van der Waals surface area (Å²) in [5.41, 5.74) is 1.85. The van der Waals surface area contributed by atoms with Gasteiger partial charge < -0.3 is 10.2 Å². The van der Waals surface area contributed by atoms with Crippen LogP contribution in [0.4, 0.5) is 5.00 Å². The highest BCUT2D eigenvalue weighted by atomic mass is 32.1. The average molecular weight is 347 g/mol. The summed E-state index contributed by atoms with van der Waals surface area (Å²) in [5, 5.41) is 15.2. The minimum atomic E-state index is -0.00479. The highest BCUT2D eigenvalue weighted by molar-refractivity contribution is 7.16. The number of thiophene rings is 2. The van der Waals surface area contributed by atoms with Crippen molar-refractivity contribution in [2.24, 2.45) is 0 Å². The first-order chi connectivity index (χ1) is 11.2. The Balaban J connectivity index is 1.64. The number of nitrogens with one attached hydrogen (secondary N) is 2. The summed E-state index contributed by atoms with van der Waals surface area (Å²) in [6, 6.07) is 6.42. The maximum absolute atomic E-state index is 12.4. The van der Waals surface area contributed by atoms with Crippen molar-refractivity contribution in [3.05, 3.63) is 38.4 Å². The van der Waals surface area contributed by atoms with Gasteiger partial charge in [0.2, 0.25) is 0 Å². The van der Waals surface area contributed by atoms with Crippen LogP contribution in [0.5, 0.6) is 0 Å². The third-order valence-electron chi connectivity index (χ3n) is 4.20. The van der Waals surface area contributed by atoms with Crippen molar-refractivity contribution in [3.8, 4) is 6.07 Å². The molecule has 0 aliphatic heterocycles. The lowest BCUT2D eigenvalue weighted by atomic mass is 10.1. The number of carbonyl (C=O) groups excluding carboxylic acids is 1. The van der Waals surface area contributed by atoms with E-state index in [0.29, 0.717) is 12.1 Å². The number of carbonyl (C=O) groups is 1. The van der Waals surface area contributed by atoms with Crippen LogP contribution in [0, 0.1) is 11.3 Å². The van der Waals surface area contributed by atoms with E-state index in [-0.39, 0.29) is 5.91 Å². The third kappa shape index (κ3) is 3.63. The summed E-state index contributed by atoms with van der Waals surface area (Å²) in [5.74, 6) is -0.00479. The second kappa shape index (κ2) is 7.26. The van der Waals surface area contributed by atoms with E-state index in [1.807, 2.05) is 6.07 Å². The number of likely N-dealkylation sites (N-methyl/N-ethyl adjacent to an activating group) is 1. The molecular formula is C17H20N3OS2+. The van der Waals surface area contributed by atoms with Crippen molar-refractivity contribution in [1.29, 1.82) is 5.26 Å². The molecule has 0 spiro atoms. The molecule has 2 aromatic rings. The van der Waals surface area contributed by atoms with E-state index < -0.39 is 0 Å². The van der Waals surface area contributed by atoms with Crippen molar-refractivity contribution in [2.75, 3.05) is 18.4 Å². The largest absolute Gasteiger partial charge is 0.323 e. The highest BCUT2D eigenvalue weighted by Crippen LogP contribution is 2.38. The van der Waals surface area contributed by atoms with Gasteiger partial charge in [0.25, 0.3) is 5.91 Å². The van der Waals surface area contributed by atoms with E-state index >= 15 is 0 Å². The summed E-state index contributed by atoms with van der Waals surface area (Å²) >= 11 is 3.31. The Labute approximate surface area is 144 Å². The average Bonchev–Trinajstić information content (AvgIpc) is 3.23. The molecule has 0 fully saturated rings. The van der Waals surface area contributed by atoms with E-state index in [4.69, 9.17) is 0 Å². The van der Waals surface area contributed by atoms with Gasteiger partial charge in [0, 0.05) is 4.88 Å². The van der Waals surface area contributed by atoms with Gasteiger partial charge in [-0.1, -0.05) is 6.07 Å². The van der Waals surface area contributed by atoms with Crippen molar-refractivity contribution in [3.63, 3.8) is 0 Å². The van der Waals surface area contributed by atoms with E-state index in [1.165, 1.54) is 14.7 Å². The molecule has 1 atom stereocenters. The number of nitriles is 1. The monoisotopic (exact) mass is 346 g/mol. The number of amides is 1. The van der Waals surface area contributed by atoms with Crippen molar-refractivity contribution < 1.29 is 9.69 Å². The molecule has 1 unspecified atom stereocenters. The van der Waals surface area contributed by atoms with E-state index in [9.17, 15) is 10.1 Å². The van der Waals surface area contributed by atoms with Crippen LogP contribution in [0.3, 0.4) is 0 Å². The standard InChI is InChI=1S/C17H19N3OS2/c1-2-20(10-12-5-4-8-22-12)11-16(21)19-17-14(9-18)13-6-3-7-15(13)23-17/h4-5,8H,2-3,6-7,10-11H2,1H3,(H,19,21)/p+1. The molecule has 1 amide bonds. The van der Waals surface area contributed by atoms with Gasteiger partial charge in [-0.2, -0.15) is 5.26 Å². The number of aryl methyl sites for hydroxylation is 1. The lowest BCUT2D eigenvalue weighted by molar-refractivity contribution is -0.903. The molecule has 0 bridgehead atoms. The molecule has 0 saturated carbocycles. The number of rotatable bonds is 6. The lowest BCUT2D eigenvalue weighted by Crippen LogP contribution is -3.11. The van der Waals surface area contributed by atoms with E-state index in [1.54, 1.807) is 22.7 Å². The molecule has 2 N–H and O–H groups in total. The van der Waals surface area contributed by atoms with Gasteiger partial charge in [0.1, 0.15) is 17.6 Å². The van der Waals surface area contributed by atoms with Gasteiger partial charge in [-0.25, -0.2) is 0 Å². The first-order valence-electron chi connectivity index (χ1n) is 7.91. The van der Waals surface area contributed by atoms with Crippen LogP contribution in [0.15, 0.2) is 17.5 Å². The highest BCUT2D eigenvalue weighted by Gasteiger charge is 2.24. The molecule has 4 nitrogen and oxygen atoms in total. The van der Waals surface area contributed by atoms with Crippen LogP contribution in [0.1, 0.15) is 34.2 Å². The molecule has 0 aromatic carbocycles. The molecule has 120 valence electrons. The van der Waals surface area contributed by atoms with Crippen LogP contribution >= 0.6 is 22.7 Å². The first kappa shape index (κ1) is 16.2. The number of nitrogens with zero attached hydrogens (tertiary/aromatic N) is 1. The maximum Gasteiger partial charge on any atom is 0.280 e. The summed E-state index contributed by atoms with van der Waals surface area (Å²) in [7, 11) is 0. The van der Waals surface area contributed by atoms with E-state index in [2.05, 4.69) is 29.8 Å². The Kier molecular flexibility index (Phi) is 5.11. The predicted octanol–water partition coefficient (Wildman–Crippen LogP) is 2.21. The number of quaternary nitrogens is 1. The second-order valence-electron chi connectivity index (χ2n) is 5.76. The topological polar surface area (TPSA) is 57.3 Å². The van der Waals surface area contributed by atoms with Gasteiger partial charge in [0.05, 0.1) is 17.0 Å². The number of hydrogen-bond donors (Lipinski definition) is 2. The van der Waals surface area contributed by atoms with E-state index in [0.717, 1.165) is 42.9 Å². The minimum Gasteiger partial charge on any atom is -0.323 e. The van der Waals surface area contributed by atoms with Crippen molar-refractivity contribution in [2.45, 2.75) is 32.7 Å². The molecular weight excluding hydrogens is 326 g/mol. The van der Waals surface area contributed by atoms with Crippen molar-refractivity contribution >= 4 is 33.6 Å². The quantitative estimate of drug-likeness (QED) is 0.843. The molecule has 23 heavy (non-hydrogen) atoms. The molecule has 6 heteroatoms. The number of anilines is 1. The summed E-state index contributed by atoms with van der Waals surface area (Å²) in [6.45, 7) is 4.30. The maximum atomic E-state index is 12.4. The molecule has 1 aliphatic carbocycles. The van der Waals surface area contributed by atoms with Crippen LogP contribution in [0.25, 0.3) is 0 Å². The molecule has 0 radical (unpaired) electrons. The van der Waals surface area contributed by atoms with Gasteiger partial charge in [-0.05, 0) is 43.2 Å². The Hall–Kier alpha value is -1.68. The first-order valence-corrected chi connectivity index (χ1v) is 9.61. The summed E-state index contributed by atoms with van der Waals surface area (Å²) < 4.78 is 0. The zero-order valence-corrected chi connectivity index (χ0v) is 14.8. The lowest BCUT2D eigenvalue weighted by Gasteiger charge is -2.16. The second-order valence-corrected chi connectivity index (χ2v) is 7.90. The zero-order chi connectivity index (χ0) is 16.2. The Morgan fingerprint density at radius 2 is 2.35 bits per heavy atom. The molecule has 3 rings (SSSR count). The normalized spacial score (nSPS) is 14.3. The van der Waals surface area contributed by atoms with Gasteiger partial charge in [-0.3, -0.25) is 4.79 Å². The Bertz CT molecular complexity index is 728. The zero-order valence-electron chi connectivity index (χ0n) is 13.1. The Morgan fingerprint density at radius 1 is 1.48 bits per heavy atom. The van der Waals surface area contributed by atoms with Crippen LogP contribution in [-0.2, 0) is 24.2 Å².